The number of hydrogen-bond donors (Lipinski definition) is 0. The third-order valence-corrected chi connectivity index (χ3v) is 5.63. The average Bonchev–Trinajstić information content (AvgIpc) is 3.15. The molecular weight excluding hydrogens is 312 g/mol. The molecule has 2 aliphatic heterocycles. The number of piperidine rings is 1. The quantitative estimate of drug-likeness (QED) is 0.762. The maximum atomic E-state index is 13.0. The predicted molar refractivity (Wildman–Crippen MR) is 101 cm³/mol. The summed E-state index contributed by atoms with van der Waals surface area (Å²) in [5, 5.41) is 0. The minimum atomic E-state index is 0.345. The van der Waals surface area contributed by atoms with Crippen molar-refractivity contribution in [2.75, 3.05) is 39.9 Å². The Morgan fingerprint density at radius 2 is 1.96 bits per heavy atom. The highest BCUT2D eigenvalue weighted by molar-refractivity contribution is 5.76. The second-order valence-corrected chi connectivity index (χ2v) is 7.65. The molecule has 138 valence electrons. The Labute approximate surface area is 152 Å². The molecule has 1 amide bonds. The summed E-state index contributed by atoms with van der Waals surface area (Å²) in [7, 11) is 2.17. The van der Waals surface area contributed by atoms with Gasteiger partial charge in [-0.05, 0) is 57.8 Å². The molecule has 25 heavy (non-hydrogen) atoms. The van der Waals surface area contributed by atoms with Gasteiger partial charge in [-0.15, -0.1) is 0 Å². The van der Waals surface area contributed by atoms with Crippen molar-refractivity contribution >= 4 is 5.91 Å². The van der Waals surface area contributed by atoms with Gasteiger partial charge in [0, 0.05) is 31.5 Å². The Hall–Kier alpha value is -1.39. The van der Waals surface area contributed by atoms with Gasteiger partial charge in [0.2, 0.25) is 5.91 Å². The Morgan fingerprint density at radius 1 is 1.20 bits per heavy atom. The number of carbonyl (C=O) groups is 1. The zero-order valence-electron chi connectivity index (χ0n) is 15.5. The molecule has 1 unspecified atom stereocenters. The van der Waals surface area contributed by atoms with Gasteiger partial charge in [0.25, 0.3) is 0 Å². The van der Waals surface area contributed by atoms with E-state index in [0.29, 0.717) is 24.3 Å². The van der Waals surface area contributed by atoms with Crippen LogP contribution < -0.4 is 0 Å². The van der Waals surface area contributed by atoms with Crippen LogP contribution in [-0.2, 0) is 16.0 Å². The molecule has 0 radical (unpaired) electrons. The molecule has 2 fully saturated rings. The first-order valence-electron chi connectivity index (χ1n) is 9.82. The number of hydrogen-bond acceptors (Lipinski definition) is 3. The molecule has 0 saturated carbocycles. The topological polar surface area (TPSA) is 32.8 Å². The number of benzene rings is 1. The maximum Gasteiger partial charge on any atom is 0.222 e. The lowest BCUT2D eigenvalue weighted by Gasteiger charge is -2.38. The fourth-order valence-electron chi connectivity index (χ4n) is 4.00. The van der Waals surface area contributed by atoms with Crippen LogP contribution in [0.5, 0.6) is 0 Å². The van der Waals surface area contributed by atoms with Crippen LogP contribution in [0.15, 0.2) is 30.3 Å². The van der Waals surface area contributed by atoms with E-state index in [1.54, 1.807) is 0 Å². The van der Waals surface area contributed by atoms with E-state index in [1.165, 1.54) is 5.56 Å². The van der Waals surface area contributed by atoms with Gasteiger partial charge < -0.3 is 14.5 Å². The summed E-state index contributed by atoms with van der Waals surface area (Å²) in [6.07, 6.45) is 5.89. The Morgan fingerprint density at radius 3 is 2.64 bits per heavy atom. The zero-order valence-corrected chi connectivity index (χ0v) is 15.5. The molecule has 1 aromatic rings. The smallest absolute Gasteiger partial charge is 0.222 e. The van der Waals surface area contributed by atoms with E-state index < -0.39 is 0 Å². The highest BCUT2D eigenvalue weighted by Gasteiger charge is 2.29. The third-order valence-electron chi connectivity index (χ3n) is 5.63. The summed E-state index contributed by atoms with van der Waals surface area (Å²) in [4.78, 5) is 17.5. The highest BCUT2D eigenvalue weighted by Crippen LogP contribution is 2.22. The van der Waals surface area contributed by atoms with Crippen molar-refractivity contribution in [2.45, 2.75) is 44.6 Å². The van der Waals surface area contributed by atoms with Crippen molar-refractivity contribution < 1.29 is 9.53 Å². The first kappa shape index (κ1) is 18.4. The molecule has 4 heteroatoms. The van der Waals surface area contributed by atoms with Crippen LogP contribution in [0.2, 0.25) is 0 Å². The molecule has 3 rings (SSSR count). The van der Waals surface area contributed by atoms with E-state index in [2.05, 4.69) is 41.1 Å². The molecule has 4 nitrogen and oxygen atoms in total. The number of aryl methyl sites for hydroxylation is 1. The number of carbonyl (C=O) groups excluding carboxylic acids is 1. The van der Waals surface area contributed by atoms with Gasteiger partial charge in [-0.25, -0.2) is 0 Å². The first-order chi connectivity index (χ1) is 12.2. The highest BCUT2D eigenvalue weighted by atomic mass is 16.5. The minimum Gasteiger partial charge on any atom is -0.381 e. The molecule has 0 aliphatic carbocycles. The normalized spacial score (nSPS) is 22.2. The molecular formula is C21H32N2O2. The van der Waals surface area contributed by atoms with Crippen LogP contribution >= 0.6 is 0 Å². The number of rotatable bonds is 7. The number of nitrogens with zero attached hydrogens (tertiary/aromatic N) is 2. The van der Waals surface area contributed by atoms with E-state index in [0.717, 1.165) is 65.0 Å². The van der Waals surface area contributed by atoms with E-state index in [-0.39, 0.29) is 0 Å². The molecule has 0 N–H and O–H groups in total. The second kappa shape index (κ2) is 9.35. The third kappa shape index (κ3) is 5.55. The van der Waals surface area contributed by atoms with Gasteiger partial charge in [0.05, 0.1) is 6.61 Å². The number of amides is 1. The van der Waals surface area contributed by atoms with Crippen LogP contribution in [0.3, 0.4) is 0 Å². The number of ether oxygens (including phenoxy) is 1. The van der Waals surface area contributed by atoms with Crippen LogP contribution in [0.4, 0.5) is 0 Å². The molecule has 0 bridgehead atoms. The van der Waals surface area contributed by atoms with Crippen LogP contribution in [0, 0.1) is 5.92 Å². The monoisotopic (exact) mass is 344 g/mol. The molecule has 2 heterocycles. The largest absolute Gasteiger partial charge is 0.381 e. The number of likely N-dealkylation sites (tertiary alicyclic amines) is 1. The van der Waals surface area contributed by atoms with E-state index in [1.807, 2.05) is 6.07 Å². The molecule has 1 atom stereocenters. The van der Waals surface area contributed by atoms with Crippen molar-refractivity contribution in [3.63, 3.8) is 0 Å². The van der Waals surface area contributed by atoms with E-state index >= 15 is 0 Å². The lowest BCUT2D eigenvalue weighted by molar-refractivity contribution is -0.135. The van der Waals surface area contributed by atoms with E-state index in [4.69, 9.17) is 4.74 Å². The standard InChI is InChI=1S/C21H32N2O2/c1-22-13-10-20(11-14-22)23(16-19-12-15-25-17-19)21(24)9-5-8-18-6-3-2-4-7-18/h2-4,6-7,19-20H,5,8-17H2,1H3. The van der Waals surface area contributed by atoms with Gasteiger partial charge >= 0.3 is 0 Å². The lowest BCUT2D eigenvalue weighted by Crippen LogP contribution is -2.48. The Balaban J connectivity index is 1.54. The summed E-state index contributed by atoms with van der Waals surface area (Å²) in [5.74, 6) is 0.870. The van der Waals surface area contributed by atoms with Crippen molar-refractivity contribution in [3.8, 4) is 0 Å². The second-order valence-electron chi connectivity index (χ2n) is 7.65. The van der Waals surface area contributed by atoms with E-state index in [9.17, 15) is 4.79 Å². The SMILES string of the molecule is CN1CCC(N(CC2CCOC2)C(=O)CCCc2ccccc2)CC1. The summed E-state index contributed by atoms with van der Waals surface area (Å²) in [6.45, 7) is 4.76. The minimum absolute atomic E-state index is 0.345. The Kier molecular flexibility index (Phi) is 6.88. The van der Waals surface area contributed by atoms with Gasteiger partial charge in [0.1, 0.15) is 0 Å². The van der Waals surface area contributed by atoms with Crippen LogP contribution in [0.1, 0.15) is 37.7 Å². The summed E-state index contributed by atoms with van der Waals surface area (Å²) in [6, 6.07) is 10.9. The summed E-state index contributed by atoms with van der Waals surface area (Å²) >= 11 is 0. The van der Waals surface area contributed by atoms with Crippen molar-refractivity contribution in [3.05, 3.63) is 35.9 Å². The van der Waals surface area contributed by atoms with Crippen molar-refractivity contribution in [1.29, 1.82) is 0 Å². The molecule has 0 aromatic heterocycles. The van der Waals surface area contributed by atoms with Crippen molar-refractivity contribution in [1.82, 2.24) is 9.80 Å². The predicted octanol–water partition coefficient (Wildman–Crippen LogP) is 2.97. The van der Waals surface area contributed by atoms with Crippen molar-refractivity contribution in [2.24, 2.45) is 5.92 Å². The first-order valence-corrected chi connectivity index (χ1v) is 9.82. The molecule has 1 aromatic carbocycles. The molecule has 2 aliphatic rings. The fraction of sp³-hybridized carbons (Fsp3) is 0.667. The van der Waals surface area contributed by atoms with Crippen LogP contribution in [0.25, 0.3) is 0 Å². The maximum absolute atomic E-state index is 13.0. The van der Waals surface area contributed by atoms with Gasteiger partial charge in [-0.2, -0.15) is 0 Å². The average molecular weight is 344 g/mol. The molecule has 2 saturated heterocycles. The summed E-state index contributed by atoms with van der Waals surface area (Å²) in [5.41, 5.74) is 1.32. The zero-order chi connectivity index (χ0) is 17.5. The van der Waals surface area contributed by atoms with Gasteiger partial charge in [0.15, 0.2) is 0 Å². The Bertz CT molecular complexity index is 520. The van der Waals surface area contributed by atoms with Gasteiger partial charge in [-0.1, -0.05) is 30.3 Å². The molecule has 0 spiro atoms. The lowest BCUT2D eigenvalue weighted by atomic mass is 9.99. The fourth-order valence-corrected chi connectivity index (χ4v) is 4.00. The van der Waals surface area contributed by atoms with Gasteiger partial charge in [-0.3, -0.25) is 4.79 Å². The van der Waals surface area contributed by atoms with Crippen LogP contribution in [-0.4, -0.2) is 61.6 Å². The summed E-state index contributed by atoms with van der Waals surface area (Å²) < 4.78 is 5.53.